The molecule has 0 atom stereocenters. The minimum Gasteiger partial charge on any atom is -0.288 e. The molecule has 2 aromatic rings. The molecule has 0 bridgehead atoms. The summed E-state index contributed by atoms with van der Waals surface area (Å²) in [6, 6.07) is 6.83. The van der Waals surface area contributed by atoms with Gasteiger partial charge in [-0.2, -0.15) is 0 Å². The van der Waals surface area contributed by atoms with Crippen molar-refractivity contribution in [1.29, 1.82) is 0 Å². The average molecular weight is 258 g/mol. The van der Waals surface area contributed by atoms with E-state index in [9.17, 15) is 8.42 Å². The predicted molar refractivity (Wildman–Crippen MR) is 59.9 cm³/mol. The molecule has 2 rings (SSSR count). The molecule has 0 saturated carbocycles. The monoisotopic (exact) mass is 257 g/mol. The van der Waals surface area contributed by atoms with Crippen LogP contribution in [0, 0.1) is 0 Å². The molecule has 84 valence electrons. The lowest BCUT2D eigenvalue weighted by molar-refractivity contribution is 0.586. The zero-order valence-electron chi connectivity index (χ0n) is 8.04. The number of primary sulfonamides is 1. The standard InChI is InChI=1S/C9H8ClN3O2S/c10-7-3-1-2-4-8(7)13-6-5-12-9(13)16(11,14)15/h1-6H,(H2,11,14,15). The maximum absolute atomic E-state index is 11.3. The van der Waals surface area contributed by atoms with Crippen LogP contribution in [-0.4, -0.2) is 18.0 Å². The third-order valence-electron chi connectivity index (χ3n) is 1.97. The first kappa shape index (κ1) is 11.1. The Hall–Kier alpha value is -1.37. The highest BCUT2D eigenvalue weighted by atomic mass is 35.5. The number of aromatic nitrogens is 2. The van der Waals surface area contributed by atoms with Gasteiger partial charge in [-0.15, -0.1) is 0 Å². The van der Waals surface area contributed by atoms with Crippen molar-refractivity contribution < 1.29 is 8.42 Å². The van der Waals surface area contributed by atoms with Crippen LogP contribution in [0.15, 0.2) is 41.8 Å². The summed E-state index contributed by atoms with van der Waals surface area (Å²) in [6.45, 7) is 0. The molecule has 0 fully saturated rings. The fraction of sp³-hybridized carbons (Fsp3) is 0. The molecule has 0 radical (unpaired) electrons. The van der Waals surface area contributed by atoms with Gasteiger partial charge < -0.3 is 0 Å². The van der Waals surface area contributed by atoms with Gasteiger partial charge in [-0.1, -0.05) is 23.7 Å². The number of sulfonamides is 1. The second-order valence-corrected chi connectivity index (χ2v) is 4.94. The van der Waals surface area contributed by atoms with Gasteiger partial charge in [-0.3, -0.25) is 4.57 Å². The lowest BCUT2D eigenvalue weighted by Gasteiger charge is -2.07. The van der Waals surface area contributed by atoms with E-state index in [1.807, 2.05) is 0 Å². The van der Waals surface area contributed by atoms with Crippen molar-refractivity contribution in [1.82, 2.24) is 9.55 Å². The molecule has 1 heterocycles. The molecule has 2 N–H and O–H groups in total. The van der Waals surface area contributed by atoms with Gasteiger partial charge in [0, 0.05) is 12.4 Å². The molecule has 1 aromatic heterocycles. The van der Waals surface area contributed by atoms with Crippen LogP contribution in [0.3, 0.4) is 0 Å². The Labute approximate surface area is 97.5 Å². The minimum absolute atomic E-state index is 0.236. The van der Waals surface area contributed by atoms with E-state index in [1.54, 1.807) is 24.3 Å². The third kappa shape index (κ3) is 1.95. The van der Waals surface area contributed by atoms with Crippen molar-refractivity contribution in [2.24, 2.45) is 5.14 Å². The molecule has 0 amide bonds. The van der Waals surface area contributed by atoms with E-state index < -0.39 is 10.0 Å². The Morgan fingerprint density at radius 1 is 1.31 bits per heavy atom. The van der Waals surface area contributed by atoms with Gasteiger partial charge in [0.25, 0.3) is 10.0 Å². The van der Waals surface area contributed by atoms with Crippen LogP contribution in [0.4, 0.5) is 0 Å². The molecule has 1 aromatic carbocycles. The summed E-state index contributed by atoms with van der Waals surface area (Å²) in [5.74, 6) is 0. The number of benzene rings is 1. The smallest absolute Gasteiger partial charge is 0.272 e. The van der Waals surface area contributed by atoms with Gasteiger partial charge in [0.15, 0.2) is 0 Å². The van der Waals surface area contributed by atoms with Crippen LogP contribution in [0.1, 0.15) is 0 Å². The summed E-state index contributed by atoms with van der Waals surface area (Å²) in [6.07, 6.45) is 2.84. The van der Waals surface area contributed by atoms with E-state index in [0.29, 0.717) is 10.7 Å². The van der Waals surface area contributed by atoms with Gasteiger partial charge in [0.1, 0.15) is 0 Å². The second kappa shape index (κ2) is 3.89. The van der Waals surface area contributed by atoms with Crippen LogP contribution in [0.2, 0.25) is 5.02 Å². The lowest BCUT2D eigenvalue weighted by atomic mass is 10.3. The maximum atomic E-state index is 11.3. The summed E-state index contributed by atoms with van der Waals surface area (Å²) >= 11 is 5.95. The highest BCUT2D eigenvalue weighted by Crippen LogP contribution is 2.21. The van der Waals surface area contributed by atoms with Crippen LogP contribution < -0.4 is 5.14 Å². The third-order valence-corrected chi connectivity index (χ3v) is 3.10. The molecule has 0 unspecified atom stereocenters. The van der Waals surface area contributed by atoms with Gasteiger partial charge in [0.2, 0.25) is 5.16 Å². The summed E-state index contributed by atoms with van der Waals surface area (Å²) in [5.41, 5.74) is 0.519. The van der Waals surface area contributed by atoms with E-state index in [-0.39, 0.29) is 5.16 Å². The minimum atomic E-state index is -3.86. The molecule has 0 aliphatic carbocycles. The van der Waals surface area contributed by atoms with E-state index in [4.69, 9.17) is 16.7 Å². The van der Waals surface area contributed by atoms with Crippen LogP contribution in [0.25, 0.3) is 5.69 Å². The fourth-order valence-electron chi connectivity index (χ4n) is 1.33. The predicted octanol–water partition coefficient (Wildman–Crippen LogP) is 1.17. The van der Waals surface area contributed by atoms with E-state index >= 15 is 0 Å². The number of para-hydroxylation sites is 1. The molecule has 16 heavy (non-hydrogen) atoms. The quantitative estimate of drug-likeness (QED) is 0.877. The van der Waals surface area contributed by atoms with Crippen LogP contribution in [0.5, 0.6) is 0 Å². The Balaban J connectivity index is 2.68. The first-order valence-electron chi connectivity index (χ1n) is 4.31. The molecule has 0 spiro atoms. The second-order valence-electron chi connectivity index (χ2n) is 3.08. The van der Waals surface area contributed by atoms with E-state index in [2.05, 4.69) is 4.98 Å². The maximum Gasteiger partial charge on any atom is 0.272 e. The van der Waals surface area contributed by atoms with Gasteiger partial charge in [-0.05, 0) is 12.1 Å². The Bertz CT molecular complexity index is 621. The number of nitrogens with zero attached hydrogens (tertiary/aromatic N) is 2. The number of imidazole rings is 1. The van der Waals surface area contributed by atoms with Crippen LogP contribution in [-0.2, 0) is 10.0 Å². The number of hydrogen-bond donors (Lipinski definition) is 1. The van der Waals surface area contributed by atoms with Crippen molar-refractivity contribution >= 4 is 21.6 Å². The Morgan fingerprint density at radius 3 is 2.62 bits per heavy atom. The molecular weight excluding hydrogens is 250 g/mol. The van der Waals surface area contributed by atoms with Crippen molar-refractivity contribution in [3.05, 3.63) is 41.7 Å². The van der Waals surface area contributed by atoms with Crippen molar-refractivity contribution in [3.63, 3.8) is 0 Å². The topological polar surface area (TPSA) is 78.0 Å². The number of halogens is 1. The number of rotatable bonds is 2. The van der Waals surface area contributed by atoms with Gasteiger partial charge >= 0.3 is 0 Å². The fourth-order valence-corrected chi connectivity index (χ4v) is 2.20. The number of hydrogen-bond acceptors (Lipinski definition) is 3. The summed E-state index contributed by atoms with van der Waals surface area (Å²) in [7, 11) is -3.86. The highest BCUT2D eigenvalue weighted by Gasteiger charge is 2.17. The zero-order valence-corrected chi connectivity index (χ0v) is 9.61. The average Bonchev–Trinajstić information content (AvgIpc) is 2.66. The Kier molecular flexibility index (Phi) is 2.71. The van der Waals surface area contributed by atoms with E-state index in [0.717, 1.165) is 0 Å². The van der Waals surface area contributed by atoms with Crippen molar-refractivity contribution in [2.75, 3.05) is 0 Å². The Morgan fingerprint density at radius 2 is 2.00 bits per heavy atom. The molecule has 0 aliphatic heterocycles. The highest BCUT2D eigenvalue weighted by molar-refractivity contribution is 7.89. The van der Waals surface area contributed by atoms with Crippen molar-refractivity contribution in [3.8, 4) is 5.69 Å². The molecule has 0 saturated heterocycles. The zero-order chi connectivity index (χ0) is 11.8. The largest absolute Gasteiger partial charge is 0.288 e. The SMILES string of the molecule is NS(=O)(=O)c1nccn1-c1ccccc1Cl. The molecular formula is C9H8ClN3O2S. The summed E-state index contributed by atoms with van der Waals surface area (Å²) in [5, 5.41) is 5.22. The summed E-state index contributed by atoms with van der Waals surface area (Å²) < 4.78 is 23.8. The van der Waals surface area contributed by atoms with Gasteiger partial charge in [-0.25, -0.2) is 18.5 Å². The molecule has 5 nitrogen and oxygen atoms in total. The first-order chi connectivity index (χ1) is 7.50. The number of nitrogens with two attached hydrogens (primary N) is 1. The van der Waals surface area contributed by atoms with E-state index in [1.165, 1.54) is 17.0 Å². The van der Waals surface area contributed by atoms with Crippen molar-refractivity contribution in [2.45, 2.75) is 5.16 Å². The molecule has 7 heteroatoms. The van der Waals surface area contributed by atoms with Crippen LogP contribution >= 0.6 is 11.6 Å². The first-order valence-corrected chi connectivity index (χ1v) is 6.23. The summed E-state index contributed by atoms with van der Waals surface area (Å²) in [4.78, 5) is 3.70. The lowest BCUT2D eigenvalue weighted by Crippen LogP contribution is -2.17. The van der Waals surface area contributed by atoms with Gasteiger partial charge in [0.05, 0.1) is 10.7 Å². The normalized spacial score (nSPS) is 11.6. The molecule has 0 aliphatic rings.